The van der Waals surface area contributed by atoms with Crippen molar-refractivity contribution < 1.29 is 9.53 Å². The van der Waals surface area contributed by atoms with Crippen LogP contribution < -0.4 is 10.1 Å². The van der Waals surface area contributed by atoms with Gasteiger partial charge in [-0.05, 0) is 31.9 Å². The molecular weight excluding hydrogens is 284 g/mol. The second-order valence-electron chi connectivity index (χ2n) is 4.96. The summed E-state index contributed by atoms with van der Waals surface area (Å²) in [5.41, 5.74) is 1.55. The van der Waals surface area contributed by atoms with Gasteiger partial charge in [0.15, 0.2) is 0 Å². The van der Waals surface area contributed by atoms with Crippen LogP contribution in [0.2, 0.25) is 0 Å². The molecule has 0 aliphatic carbocycles. The van der Waals surface area contributed by atoms with Crippen molar-refractivity contribution in [1.29, 1.82) is 0 Å². The molecule has 21 heavy (non-hydrogen) atoms. The van der Waals surface area contributed by atoms with Gasteiger partial charge >= 0.3 is 0 Å². The molecule has 0 aliphatic rings. The number of aryl methyl sites for hydroxylation is 1. The minimum atomic E-state index is -0.122. The summed E-state index contributed by atoms with van der Waals surface area (Å²) in [5, 5.41) is 5.48. The Balaban J connectivity index is 1.94. The van der Waals surface area contributed by atoms with Gasteiger partial charge in [0.25, 0.3) is 5.91 Å². The van der Waals surface area contributed by atoms with Crippen molar-refractivity contribution in [2.75, 3.05) is 0 Å². The molecule has 0 unspecified atom stereocenters. The highest BCUT2D eigenvalue weighted by atomic mass is 32.1. The van der Waals surface area contributed by atoms with Crippen LogP contribution in [0.25, 0.3) is 0 Å². The summed E-state index contributed by atoms with van der Waals surface area (Å²) in [4.78, 5) is 16.3. The smallest absolute Gasteiger partial charge is 0.270 e. The fourth-order valence-electron chi connectivity index (χ4n) is 1.74. The molecule has 0 saturated heterocycles. The largest absolute Gasteiger partial charge is 0.486 e. The molecule has 1 N–H and O–H groups in total. The Kier molecular flexibility index (Phi) is 5.33. The lowest BCUT2D eigenvalue weighted by atomic mass is 10.2. The van der Waals surface area contributed by atoms with E-state index in [2.05, 4.69) is 10.3 Å². The predicted molar refractivity (Wildman–Crippen MR) is 84.8 cm³/mol. The third-order valence-corrected chi connectivity index (χ3v) is 4.04. The monoisotopic (exact) mass is 304 g/mol. The number of para-hydroxylation sites is 1. The van der Waals surface area contributed by atoms with Crippen molar-refractivity contribution >= 4 is 17.2 Å². The quantitative estimate of drug-likeness (QED) is 0.887. The van der Waals surface area contributed by atoms with Crippen LogP contribution in [0.4, 0.5) is 0 Å². The summed E-state index contributed by atoms with van der Waals surface area (Å²) in [6.45, 7) is 6.40. The van der Waals surface area contributed by atoms with Crippen LogP contribution in [0.3, 0.4) is 0 Å². The number of aromatic nitrogens is 1. The topological polar surface area (TPSA) is 51.2 Å². The number of amides is 1. The van der Waals surface area contributed by atoms with E-state index in [-0.39, 0.29) is 11.9 Å². The zero-order valence-corrected chi connectivity index (χ0v) is 13.4. The molecule has 5 heteroatoms. The van der Waals surface area contributed by atoms with E-state index in [1.54, 1.807) is 5.38 Å². The first-order valence-electron chi connectivity index (χ1n) is 7.03. The molecule has 1 aromatic carbocycles. The number of thiazole rings is 1. The van der Waals surface area contributed by atoms with Crippen molar-refractivity contribution in [2.45, 2.75) is 39.8 Å². The Labute approximate surface area is 129 Å². The third-order valence-electron chi connectivity index (χ3n) is 3.22. The number of nitrogens with one attached hydrogen (secondary N) is 1. The minimum absolute atomic E-state index is 0.122. The molecule has 1 atom stereocenters. The highest BCUT2D eigenvalue weighted by Gasteiger charge is 2.13. The lowest BCUT2D eigenvalue weighted by Gasteiger charge is -2.09. The van der Waals surface area contributed by atoms with Crippen LogP contribution in [0.1, 0.15) is 41.3 Å². The van der Waals surface area contributed by atoms with Gasteiger partial charge in [0.05, 0.1) is 0 Å². The van der Waals surface area contributed by atoms with Crippen LogP contribution in [-0.2, 0) is 6.61 Å². The normalized spacial score (nSPS) is 12.0. The zero-order chi connectivity index (χ0) is 15.2. The number of rotatable bonds is 6. The first-order chi connectivity index (χ1) is 10.1. The second-order valence-corrected chi connectivity index (χ2v) is 5.91. The van der Waals surface area contributed by atoms with E-state index < -0.39 is 0 Å². The molecule has 0 fully saturated rings. The number of ether oxygens (including phenoxy) is 1. The van der Waals surface area contributed by atoms with Crippen LogP contribution in [0, 0.1) is 6.92 Å². The molecule has 112 valence electrons. The fraction of sp³-hybridized carbons (Fsp3) is 0.375. The molecule has 1 heterocycles. The van der Waals surface area contributed by atoms with Crippen molar-refractivity contribution in [3.05, 3.63) is 45.9 Å². The van der Waals surface area contributed by atoms with E-state index in [0.717, 1.165) is 22.7 Å². The number of benzene rings is 1. The molecule has 1 aromatic heterocycles. The van der Waals surface area contributed by atoms with Crippen molar-refractivity contribution in [1.82, 2.24) is 10.3 Å². The second kappa shape index (κ2) is 7.22. The molecule has 2 aromatic rings. The standard InChI is InChI=1S/C16H20N2O2S/c1-4-12(3)17-16(19)13-10-21-15(18-13)9-20-14-8-6-5-7-11(14)2/h5-8,10,12H,4,9H2,1-3H3,(H,17,19)/t12-/m0/s1. The maximum atomic E-state index is 11.9. The van der Waals surface area contributed by atoms with Gasteiger partial charge in [-0.1, -0.05) is 25.1 Å². The molecule has 1 amide bonds. The number of carbonyl (C=O) groups excluding carboxylic acids is 1. The van der Waals surface area contributed by atoms with Crippen molar-refractivity contribution in [3.8, 4) is 5.75 Å². The summed E-state index contributed by atoms with van der Waals surface area (Å²) in [6.07, 6.45) is 0.902. The maximum absolute atomic E-state index is 11.9. The van der Waals surface area contributed by atoms with Crippen molar-refractivity contribution in [2.24, 2.45) is 0 Å². The zero-order valence-electron chi connectivity index (χ0n) is 12.6. The molecule has 4 nitrogen and oxygen atoms in total. The fourth-order valence-corrected chi connectivity index (χ4v) is 2.42. The van der Waals surface area contributed by atoms with Gasteiger partial charge in [0.1, 0.15) is 23.1 Å². The van der Waals surface area contributed by atoms with E-state index in [0.29, 0.717) is 12.3 Å². The highest BCUT2D eigenvalue weighted by molar-refractivity contribution is 7.09. The Morgan fingerprint density at radius 1 is 1.43 bits per heavy atom. The first kappa shape index (κ1) is 15.5. The van der Waals surface area contributed by atoms with Crippen LogP contribution in [0.15, 0.2) is 29.6 Å². The van der Waals surface area contributed by atoms with Crippen LogP contribution in [-0.4, -0.2) is 16.9 Å². The maximum Gasteiger partial charge on any atom is 0.270 e. The summed E-state index contributed by atoms with van der Waals surface area (Å²) in [6, 6.07) is 8.01. The van der Waals surface area contributed by atoms with E-state index in [9.17, 15) is 4.79 Å². The van der Waals surface area contributed by atoms with Gasteiger partial charge < -0.3 is 10.1 Å². The predicted octanol–water partition coefficient (Wildman–Crippen LogP) is 3.56. The summed E-state index contributed by atoms with van der Waals surface area (Å²) >= 11 is 1.44. The average molecular weight is 304 g/mol. The molecule has 0 radical (unpaired) electrons. The van der Waals surface area contributed by atoms with E-state index >= 15 is 0 Å². The summed E-state index contributed by atoms with van der Waals surface area (Å²) in [5.74, 6) is 0.723. The van der Waals surface area contributed by atoms with Crippen molar-refractivity contribution in [3.63, 3.8) is 0 Å². The Morgan fingerprint density at radius 2 is 2.19 bits per heavy atom. The van der Waals surface area contributed by atoms with Crippen LogP contribution >= 0.6 is 11.3 Å². The van der Waals surface area contributed by atoms with Gasteiger partial charge in [0, 0.05) is 11.4 Å². The molecular formula is C16H20N2O2S. The van der Waals surface area contributed by atoms with Crippen LogP contribution in [0.5, 0.6) is 5.75 Å². The number of carbonyl (C=O) groups is 1. The van der Waals surface area contributed by atoms with E-state index in [1.807, 2.05) is 45.0 Å². The summed E-state index contributed by atoms with van der Waals surface area (Å²) in [7, 11) is 0. The van der Waals surface area contributed by atoms with E-state index in [4.69, 9.17) is 4.74 Å². The molecule has 0 bridgehead atoms. The number of hydrogen-bond donors (Lipinski definition) is 1. The van der Waals surface area contributed by atoms with Gasteiger partial charge in [-0.15, -0.1) is 11.3 Å². The van der Waals surface area contributed by atoms with Gasteiger partial charge in [0.2, 0.25) is 0 Å². The SMILES string of the molecule is CC[C@H](C)NC(=O)c1csc(COc2ccccc2C)n1. The molecule has 0 saturated carbocycles. The molecule has 2 rings (SSSR count). The Bertz CT molecular complexity index is 610. The van der Waals surface area contributed by atoms with Gasteiger partial charge in [-0.2, -0.15) is 0 Å². The Morgan fingerprint density at radius 3 is 2.90 bits per heavy atom. The molecule has 0 spiro atoms. The number of hydrogen-bond acceptors (Lipinski definition) is 4. The lowest BCUT2D eigenvalue weighted by molar-refractivity contribution is 0.0934. The number of nitrogens with zero attached hydrogens (tertiary/aromatic N) is 1. The average Bonchev–Trinajstić information content (AvgIpc) is 2.95. The third kappa shape index (κ3) is 4.29. The first-order valence-corrected chi connectivity index (χ1v) is 7.91. The summed E-state index contributed by atoms with van der Waals surface area (Å²) < 4.78 is 5.73. The Hall–Kier alpha value is -1.88. The lowest BCUT2D eigenvalue weighted by Crippen LogP contribution is -2.32. The minimum Gasteiger partial charge on any atom is -0.486 e. The molecule has 0 aliphatic heterocycles. The van der Waals surface area contributed by atoms with Gasteiger partial charge in [-0.25, -0.2) is 4.98 Å². The van der Waals surface area contributed by atoms with E-state index in [1.165, 1.54) is 11.3 Å². The highest BCUT2D eigenvalue weighted by Crippen LogP contribution is 2.19. The van der Waals surface area contributed by atoms with Gasteiger partial charge in [-0.3, -0.25) is 4.79 Å².